The van der Waals surface area contributed by atoms with E-state index in [-0.39, 0.29) is 11.7 Å². The largest absolute Gasteiger partial charge is 0.383 e. The van der Waals surface area contributed by atoms with E-state index in [1.54, 1.807) is 17.5 Å². The zero-order valence-electron chi connectivity index (χ0n) is 13.4. The molecule has 0 aliphatic rings. The fraction of sp³-hybridized carbons (Fsp3) is 0.250. The van der Waals surface area contributed by atoms with Crippen molar-refractivity contribution in [3.8, 4) is 0 Å². The zero-order valence-corrected chi connectivity index (χ0v) is 15.0. The third-order valence-electron chi connectivity index (χ3n) is 3.56. The van der Waals surface area contributed by atoms with E-state index in [2.05, 4.69) is 20.3 Å². The van der Waals surface area contributed by atoms with Crippen molar-refractivity contribution in [1.82, 2.24) is 20.3 Å². The number of carbonyl (C=O) groups is 1. The smallest absolute Gasteiger partial charge is 0.230 e. The Hall–Kier alpha value is -2.19. The van der Waals surface area contributed by atoms with Crippen molar-refractivity contribution in [3.05, 3.63) is 40.5 Å². The van der Waals surface area contributed by atoms with Crippen molar-refractivity contribution < 1.29 is 4.79 Å². The van der Waals surface area contributed by atoms with Crippen LogP contribution in [0, 0.1) is 13.8 Å². The second kappa shape index (κ2) is 7.14. The number of hydrogen-bond donors (Lipinski definition) is 2. The summed E-state index contributed by atoms with van der Waals surface area (Å²) < 4.78 is 0. The number of thioether (sulfide) groups is 1. The van der Waals surface area contributed by atoms with Gasteiger partial charge in [0.25, 0.3) is 0 Å². The van der Waals surface area contributed by atoms with Gasteiger partial charge in [-0.3, -0.25) is 9.78 Å². The summed E-state index contributed by atoms with van der Waals surface area (Å²) in [5, 5.41) is 4.27. The fourth-order valence-electron chi connectivity index (χ4n) is 2.20. The van der Waals surface area contributed by atoms with Crippen molar-refractivity contribution >= 4 is 45.0 Å². The minimum atomic E-state index is -0.0912. The summed E-state index contributed by atoms with van der Waals surface area (Å²) in [6, 6.07) is 5.60. The van der Waals surface area contributed by atoms with Gasteiger partial charge in [-0.2, -0.15) is 0 Å². The molecule has 0 saturated carbocycles. The van der Waals surface area contributed by atoms with Gasteiger partial charge in [0.1, 0.15) is 10.6 Å². The van der Waals surface area contributed by atoms with Gasteiger partial charge in [0.2, 0.25) is 5.91 Å². The number of nitrogens with zero attached hydrogens (tertiary/aromatic N) is 3. The lowest BCUT2D eigenvalue weighted by molar-refractivity contribution is -0.118. The van der Waals surface area contributed by atoms with Gasteiger partial charge in [-0.15, -0.1) is 11.3 Å². The Morgan fingerprint density at radius 2 is 2.17 bits per heavy atom. The van der Waals surface area contributed by atoms with E-state index in [0.29, 0.717) is 17.5 Å². The highest BCUT2D eigenvalue weighted by atomic mass is 32.2. The molecule has 3 heterocycles. The Kier molecular flexibility index (Phi) is 4.96. The number of nitrogens with one attached hydrogen (secondary N) is 1. The van der Waals surface area contributed by atoms with Crippen molar-refractivity contribution in [2.24, 2.45) is 0 Å². The molecule has 3 aromatic rings. The zero-order chi connectivity index (χ0) is 17.1. The standard InChI is InChI=1S/C16H17N5OS2/c1-9-10(2)24-15-13(9)14(17)20-16(21-15)23-8-12(22)19-7-11-5-3-4-6-18-11/h3-6H,7-8H2,1-2H3,(H,19,22)(H2,17,20,21). The molecule has 124 valence electrons. The first-order valence-electron chi connectivity index (χ1n) is 7.37. The van der Waals surface area contributed by atoms with E-state index in [1.165, 1.54) is 16.6 Å². The van der Waals surface area contributed by atoms with E-state index < -0.39 is 0 Å². The summed E-state index contributed by atoms with van der Waals surface area (Å²) in [5.74, 6) is 0.617. The molecule has 6 nitrogen and oxygen atoms in total. The molecule has 8 heteroatoms. The van der Waals surface area contributed by atoms with Crippen LogP contribution in [0.2, 0.25) is 0 Å². The number of carbonyl (C=O) groups excluding carboxylic acids is 1. The third-order valence-corrected chi connectivity index (χ3v) is 5.51. The summed E-state index contributed by atoms with van der Waals surface area (Å²) in [4.78, 5) is 27.0. The summed E-state index contributed by atoms with van der Waals surface area (Å²) in [6.45, 7) is 4.47. The number of thiophene rings is 1. The minimum absolute atomic E-state index is 0.0912. The summed E-state index contributed by atoms with van der Waals surface area (Å²) in [6.07, 6.45) is 1.70. The maximum absolute atomic E-state index is 12.0. The van der Waals surface area contributed by atoms with Gasteiger partial charge in [0.15, 0.2) is 5.16 Å². The quantitative estimate of drug-likeness (QED) is 0.537. The van der Waals surface area contributed by atoms with Crippen LogP contribution in [-0.2, 0) is 11.3 Å². The summed E-state index contributed by atoms with van der Waals surface area (Å²) >= 11 is 2.88. The Morgan fingerprint density at radius 3 is 2.92 bits per heavy atom. The SMILES string of the molecule is Cc1sc2nc(SCC(=O)NCc3ccccn3)nc(N)c2c1C. The van der Waals surface area contributed by atoms with E-state index in [0.717, 1.165) is 21.5 Å². The molecule has 1 amide bonds. The molecule has 0 aliphatic heterocycles. The van der Waals surface area contributed by atoms with Crippen molar-refractivity contribution in [2.45, 2.75) is 25.5 Å². The maximum atomic E-state index is 12.0. The van der Waals surface area contributed by atoms with Crippen molar-refractivity contribution in [2.75, 3.05) is 11.5 Å². The van der Waals surface area contributed by atoms with Crippen LogP contribution < -0.4 is 11.1 Å². The van der Waals surface area contributed by atoms with E-state index in [1.807, 2.05) is 32.0 Å². The predicted molar refractivity (Wildman–Crippen MR) is 98.1 cm³/mol. The highest BCUT2D eigenvalue weighted by molar-refractivity contribution is 7.99. The van der Waals surface area contributed by atoms with Gasteiger partial charge in [0, 0.05) is 11.1 Å². The Labute approximate surface area is 147 Å². The van der Waals surface area contributed by atoms with E-state index in [4.69, 9.17) is 5.73 Å². The van der Waals surface area contributed by atoms with Crippen LogP contribution in [-0.4, -0.2) is 26.6 Å². The number of aromatic nitrogens is 3. The van der Waals surface area contributed by atoms with Crippen LogP contribution in [0.15, 0.2) is 29.6 Å². The molecule has 0 bridgehead atoms. The molecular formula is C16H17N5OS2. The molecule has 24 heavy (non-hydrogen) atoms. The van der Waals surface area contributed by atoms with Crippen LogP contribution in [0.5, 0.6) is 0 Å². The first kappa shape index (κ1) is 16.7. The topological polar surface area (TPSA) is 93.8 Å². The maximum Gasteiger partial charge on any atom is 0.230 e. The van der Waals surface area contributed by atoms with Crippen molar-refractivity contribution in [1.29, 1.82) is 0 Å². The van der Waals surface area contributed by atoms with E-state index in [9.17, 15) is 4.79 Å². The Balaban J connectivity index is 1.62. The number of hydrogen-bond acceptors (Lipinski definition) is 7. The molecule has 0 radical (unpaired) electrons. The predicted octanol–water partition coefficient (Wildman–Crippen LogP) is 2.69. The fourth-order valence-corrected chi connectivity index (χ4v) is 3.97. The molecule has 0 atom stereocenters. The Bertz CT molecular complexity index is 879. The minimum Gasteiger partial charge on any atom is -0.383 e. The molecule has 3 N–H and O–H groups in total. The lowest BCUT2D eigenvalue weighted by Crippen LogP contribution is -2.25. The van der Waals surface area contributed by atoms with Gasteiger partial charge in [0.05, 0.1) is 23.4 Å². The molecule has 0 unspecified atom stereocenters. The lowest BCUT2D eigenvalue weighted by Gasteiger charge is -2.05. The number of nitrogen functional groups attached to an aromatic ring is 1. The number of nitrogens with two attached hydrogens (primary N) is 1. The van der Waals surface area contributed by atoms with E-state index >= 15 is 0 Å². The molecule has 0 aliphatic carbocycles. The number of aryl methyl sites for hydroxylation is 2. The van der Waals surface area contributed by atoms with Crippen LogP contribution in [0.3, 0.4) is 0 Å². The highest BCUT2D eigenvalue weighted by Crippen LogP contribution is 2.33. The number of anilines is 1. The van der Waals surface area contributed by atoms with Gasteiger partial charge < -0.3 is 11.1 Å². The van der Waals surface area contributed by atoms with Crippen LogP contribution in [0.1, 0.15) is 16.1 Å². The molecule has 0 saturated heterocycles. The Morgan fingerprint density at radius 1 is 1.33 bits per heavy atom. The normalized spacial score (nSPS) is 10.9. The van der Waals surface area contributed by atoms with Gasteiger partial charge >= 0.3 is 0 Å². The number of rotatable bonds is 5. The number of amides is 1. The average molecular weight is 359 g/mol. The van der Waals surface area contributed by atoms with Crippen LogP contribution in [0.4, 0.5) is 5.82 Å². The second-order valence-electron chi connectivity index (χ2n) is 5.24. The summed E-state index contributed by atoms with van der Waals surface area (Å²) in [7, 11) is 0. The second-order valence-corrected chi connectivity index (χ2v) is 7.39. The first-order chi connectivity index (χ1) is 11.5. The molecule has 0 aromatic carbocycles. The monoisotopic (exact) mass is 359 g/mol. The molecular weight excluding hydrogens is 342 g/mol. The molecule has 3 rings (SSSR count). The molecule has 0 spiro atoms. The molecule has 0 fully saturated rings. The van der Waals surface area contributed by atoms with Crippen LogP contribution >= 0.6 is 23.1 Å². The molecule has 3 aromatic heterocycles. The third kappa shape index (κ3) is 3.65. The van der Waals surface area contributed by atoms with Gasteiger partial charge in [-0.1, -0.05) is 17.8 Å². The van der Waals surface area contributed by atoms with Gasteiger partial charge in [-0.25, -0.2) is 9.97 Å². The lowest BCUT2D eigenvalue weighted by atomic mass is 10.2. The number of fused-ring (bicyclic) bond motifs is 1. The van der Waals surface area contributed by atoms with Gasteiger partial charge in [-0.05, 0) is 31.5 Å². The first-order valence-corrected chi connectivity index (χ1v) is 9.17. The summed E-state index contributed by atoms with van der Waals surface area (Å²) in [5.41, 5.74) is 7.99. The van der Waals surface area contributed by atoms with Crippen molar-refractivity contribution in [3.63, 3.8) is 0 Å². The number of pyridine rings is 1. The average Bonchev–Trinajstić information content (AvgIpc) is 2.86. The highest BCUT2D eigenvalue weighted by Gasteiger charge is 2.13. The van der Waals surface area contributed by atoms with Crippen LogP contribution in [0.25, 0.3) is 10.2 Å².